The smallest absolute Gasteiger partial charge is 0.224 e. The fourth-order valence-corrected chi connectivity index (χ4v) is 2.09. The first kappa shape index (κ1) is 16.6. The van der Waals surface area contributed by atoms with E-state index < -0.39 is 0 Å². The van der Waals surface area contributed by atoms with Crippen molar-refractivity contribution >= 4 is 5.91 Å². The van der Waals surface area contributed by atoms with Crippen LogP contribution in [0.3, 0.4) is 0 Å². The highest BCUT2D eigenvalue weighted by Gasteiger charge is 2.10. The van der Waals surface area contributed by atoms with Crippen molar-refractivity contribution in [3.8, 4) is 17.4 Å². The number of carbonyl (C=O) groups is 1. The number of methoxy groups -OCH3 is 3. The summed E-state index contributed by atoms with van der Waals surface area (Å²) in [7, 11) is 4.72. The first-order chi connectivity index (χ1) is 11.2. The Balaban J connectivity index is 1.96. The standard InChI is InChI=1S/C17H20N2O4/c1-21-14-5-6-15(22-2)13(8-14)9-16(20)18-10-12-4-7-17(23-3)19-11-12/h4-8,11H,9-10H2,1-3H3,(H,18,20). The lowest BCUT2D eigenvalue weighted by Gasteiger charge is -2.11. The van der Waals surface area contributed by atoms with Crippen LogP contribution < -0.4 is 19.5 Å². The van der Waals surface area contributed by atoms with Gasteiger partial charge in [-0.1, -0.05) is 6.07 Å². The van der Waals surface area contributed by atoms with Gasteiger partial charge in [0.15, 0.2) is 0 Å². The van der Waals surface area contributed by atoms with Gasteiger partial charge in [-0.3, -0.25) is 4.79 Å². The molecule has 0 fully saturated rings. The van der Waals surface area contributed by atoms with Crippen molar-refractivity contribution in [2.45, 2.75) is 13.0 Å². The van der Waals surface area contributed by atoms with Crippen LogP contribution in [0.15, 0.2) is 36.5 Å². The number of rotatable bonds is 7. The molecule has 0 aliphatic carbocycles. The first-order valence-corrected chi connectivity index (χ1v) is 7.12. The van der Waals surface area contributed by atoms with E-state index in [9.17, 15) is 4.79 Å². The van der Waals surface area contributed by atoms with Crippen molar-refractivity contribution in [3.05, 3.63) is 47.7 Å². The summed E-state index contributed by atoms with van der Waals surface area (Å²) in [5.41, 5.74) is 1.67. The van der Waals surface area contributed by atoms with E-state index in [-0.39, 0.29) is 12.3 Å². The molecule has 0 aliphatic heterocycles. The van der Waals surface area contributed by atoms with Crippen LogP contribution in [0.25, 0.3) is 0 Å². The van der Waals surface area contributed by atoms with Crippen molar-refractivity contribution in [1.82, 2.24) is 10.3 Å². The molecule has 2 aromatic rings. The molecule has 0 saturated carbocycles. The molecule has 1 heterocycles. The van der Waals surface area contributed by atoms with Gasteiger partial charge in [0.2, 0.25) is 11.8 Å². The second kappa shape index (κ2) is 8.03. The summed E-state index contributed by atoms with van der Waals surface area (Å²) < 4.78 is 15.5. The number of nitrogens with zero attached hydrogens (tertiary/aromatic N) is 1. The Morgan fingerprint density at radius 1 is 1.09 bits per heavy atom. The second-order valence-corrected chi connectivity index (χ2v) is 4.84. The largest absolute Gasteiger partial charge is 0.497 e. The van der Waals surface area contributed by atoms with Gasteiger partial charge in [0, 0.05) is 24.4 Å². The van der Waals surface area contributed by atoms with Gasteiger partial charge in [-0.2, -0.15) is 0 Å². The molecule has 0 bridgehead atoms. The Hall–Kier alpha value is -2.76. The van der Waals surface area contributed by atoms with Gasteiger partial charge in [0.25, 0.3) is 0 Å². The van der Waals surface area contributed by atoms with E-state index in [0.29, 0.717) is 23.9 Å². The Kier molecular flexibility index (Phi) is 5.80. The molecule has 1 aromatic carbocycles. The van der Waals surface area contributed by atoms with Crippen molar-refractivity contribution in [3.63, 3.8) is 0 Å². The topological polar surface area (TPSA) is 69.7 Å². The molecular weight excluding hydrogens is 296 g/mol. The van der Waals surface area contributed by atoms with E-state index >= 15 is 0 Å². The Morgan fingerprint density at radius 3 is 2.52 bits per heavy atom. The lowest BCUT2D eigenvalue weighted by atomic mass is 10.1. The maximum absolute atomic E-state index is 12.1. The molecule has 23 heavy (non-hydrogen) atoms. The quantitative estimate of drug-likeness (QED) is 0.845. The average Bonchev–Trinajstić information content (AvgIpc) is 2.60. The molecule has 6 nitrogen and oxygen atoms in total. The van der Waals surface area contributed by atoms with Crippen LogP contribution >= 0.6 is 0 Å². The average molecular weight is 316 g/mol. The van der Waals surface area contributed by atoms with E-state index in [1.807, 2.05) is 6.07 Å². The van der Waals surface area contributed by atoms with Crippen LogP contribution in [0.4, 0.5) is 0 Å². The number of amides is 1. The maximum atomic E-state index is 12.1. The number of ether oxygens (including phenoxy) is 3. The van der Waals surface area contributed by atoms with E-state index in [0.717, 1.165) is 11.1 Å². The van der Waals surface area contributed by atoms with Crippen LogP contribution in [0, 0.1) is 0 Å². The van der Waals surface area contributed by atoms with Gasteiger partial charge in [0.1, 0.15) is 11.5 Å². The Labute approximate surface area is 135 Å². The van der Waals surface area contributed by atoms with E-state index in [1.165, 1.54) is 0 Å². The minimum Gasteiger partial charge on any atom is -0.497 e. The van der Waals surface area contributed by atoms with Gasteiger partial charge in [0.05, 0.1) is 27.8 Å². The summed E-state index contributed by atoms with van der Waals surface area (Å²) in [4.78, 5) is 16.2. The number of aromatic nitrogens is 1. The Bertz CT molecular complexity index is 656. The highest BCUT2D eigenvalue weighted by atomic mass is 16.5. The lowest BCUT2D eigenvalue weighted by Crippen LogP contribution is -2.24. The van der Waals surface area contributed by atoms with E-state index in [4.69, 9.17) is 14.2 Å². The molecule has 1 amide bonds. The minimum absolute atomic E-state index is 0.104. The zero-order chi connectivity index (χ0) is 16.7. The lowest BCUT2D eigenvalue weighted by molar-refractivity contribution is -0.120. The van der Waals surface area contributed by atoms with Crippen LogP contribution in [0.2, 0.25) is 0 Å². The predicted molar refractivity (Wildman–Crippen MR) is 85.9 cm³/mol. The molecular formula is C17H20N2O4. The molecule has 0 spiro atoms. The zero-order valence-corrected chi connectivity index (χ0v) is 13.5. The number of carbonyl (C=O) groups excluding carboxylic acids is 1. The van der Waals surface area contributed by atoms with Gasteiger partial charge in [-0.15, -0.1) is 0 Å². The van der Waals surface area contributed by atoms with Gasteiger partial charge in [-0.25, -0.2) is 4.98 Å². The normalized spacial score (nSPS) is 10.0. The molecule has 1 aromatic heterocycles. The number of benzene rings is 1. The SMILES string of the molecule is COc1ccc(OC)c(CC(=O)NCc2ccc(OC)nc2)c1. The molecule has 2 rings (SSSR count). The molecule has 122 valence electrons. The van der Waals surface area contributed by atoms with Gasteiger partial charge < -0.3 is 19.5 Å². The summed E-state index contributed by atoms with van der Waals surface area (Å²) in [6.45, 7) is 0.405. The van der Waals surface area contributed by atoms with Gasteiger partial charge in [-0.05, 0) is 23.8 Å². The fourth-order valence-electron chi connectivity index (χ4n) is 2.09. The van der Waals surface area contributed by atoms with Gasteiger partial charge >= 0.3 is 0 Å². The van der Waals surface area contributed by atoms with Crippen LogP contribution in [-0.2, 0) is 17.8 Å². The third-order valence-electron chi connectivity index (χ3n) is 3.33. The summed E-state index contributed by atoms with van der Waals surface area (Å²) in [5.74, 6) is 1.79. The van der Waals surface area contributed by atoms with Crippen LogP contribution in [-0.4, -0.2) is 32.2 Å². The van der Waals surface area contributed by atoms with Crippen LogP contribution in [0.5, 0.6) is 17.4 Å². The molecule has 0 aliphatic rings. The molecule has 0 atom stereocenters. The number of nitrogens with one attached hydrogen (secondary N) is 1. The number of pyridine rings is 1. The molecule has 0 unspecified atom stereocenters. The fraction of sp³-hybridized carbons (Fsp3) is 0.294. The third kappa shape index (κ3) is 4.60. The summed E-state index contributed by atoms with van der Waals surface area (Å²) in [5, 5.41) is 2.86. The van der Waals surface area contributed by atoms with E-state index in [2.05, 4.69) is 10.3 Å². The van der Waals surface area contributed by atoms with Crippen LogP contribution in [0.1, 0.15) is 11.1 Å². The Morgan fingerprint density at radius 2 is 1.91 bits per heavy atom. The summed E-state index contributed by atoms with van der Waals surface area (Å²) >= 11 is 0. The van der Waals surface area contributed by atoms with Crippen molar-refractivity contribution in [2.24, 2.45) is 0 Å². The van der Waals surface area contributed by atoms with E-state index in [1.54, 1.807) is 51.8 Å². The minimum atomic E-state index is -0.104. The van der Waals surface area contributed by atoms with Crippen molar-refractivity contribution < 1.29 is 19.0 Å². The van der Waals surface area contributed by atoms with Crippen molar-refractivity contribution in [2.75, 3.05) is 21.3 Å². The molecule has 0 radical (unpaired) electrons. The first-order valence-electron chi connectivity index (χ1n) is 7.12. The van der Waals surface area contributed by atoms with Crippen molar-refractivity contribution in [1.29, 1.82) is 0 Å². The third-order valence-corrected chi connectivity index (χ3v) is 3.33. The zero-order valence-electron chi connectivity index (χ0n) is 13.5. The number of hydrogen-bond donors (Lipinski definition) is 1. The highest BCUT2D eigenvalue weighted by molar-refractivity contribution is 5.79. The molecule has 0 saturated heterocycles. The molecule has 1 N–H and O–H groups in total. The second-order valence-electron chi connectivity index (χ2n) is 4.84. The monoisotopic (exact) mass is 316 g/mol. The summed E-state index contributed by atoms with van der Waals surface area (Å²) in [6, 6.07) is 9.00. The molecule has 6 heteroatoms. The highest BCUT2D eigenvalue weighted by Crippen LogP contribution is 2.24. The maximum Gasteiger partial charge on any atom is 0.224 e. The summed E-state index contributed by atoms with van der Waals surface area (Å²) in [6.07, 6.45) is 1.88. The predicted octanol–water partition coefficient (Wildman–Crippen LogP) is 1.97. The number of hydrogen-bond acceptors (Lipinski definition) is 5.